The lowest BCUT2D eigenvalue weighted by Crippen LogP contribution is -2.36. The van der Waals surface area contributed by atoms with Gasteiger partial charge in [-0.05, 0) is 31.7 Å². The summed E-state index contributed by atoms with van der Waals surface area (Å²) >= 11 is 0. The second-order valence-corrected chi connectivity index (χ2v) is 8.11. The summed E-state index contributed by atoms with van der Waals surface area (Å²) in [5.41, 5.74) is 1.69. The highest BCUT2D eigenvalue weighted by Crippen LogP contribution is 2.24. The van der Waals surface area contributed by atoms with Crippen LogP contribution in [-0.2, 0) is 22.8 Å². The number of H-pyrrole nitrogens is 1. The van der Waals surface area contributed by atoms with E-state index in [1.54, 1.807) is 18.6 Å². The Morgan fingerprint density at radius 2 is 2.22 bits per heavy atom. The van der Waals surface area contributed by atoms with Crippen molar-refractivity contribution < 1.29 is 8.42 Å². The zero-order valence-electron chi connectivity index (χ0n) is 13.1. The van der Waals surface area contributed by atoms with Crippen molar-refractivity contribution in [3.8, 4) is 0 Å². The van der Waals surface area contributed by atoms with Crippen LogP contribution in [0.1, 0.15) is 24.2 Å². The Morgan fingerprint density at radius 3 is 2.96 bits per heavy atom. The first kappa shape index (κ1) is 16.1. The molecular weight excluding hydrogens is 314 g/mol. The van der Waals surface area contributed by atoms with Gasteiger partial charge in [-0.15, -0.1) is 0 Å². The Morgan fingerprint density at radius 1 is 1.35 bits per heavy atom. The first-order valence-corrected chi connectivity index (χ1v) is 9.61. The molecule has 3 rings (SSSR count). The standard InChI is InChI=1S/C15H21N5O2S/c1-23(21,22)15-9-18-19-14(15)7-12-3-2-6-20(10-12)11-13-8-16-4-5-17-13/h4-5,8-9,12H,2-3,6-7,10-11H2,1H3,(H,18,19). The highest BCUT2D eigenvalue weighted by Gasteiger charge is 2.24. The molecule has 2 aromatic rings. The van der Waals surface area contributed by atoms with Crippen molar-refractivity contribution in [2.24, 2.45) is 5.92 Å². The number of likely N-dealkylation sites (tertiary alicyclic amines) is 1. The van der Waals surface area contributed by atoms with Crippen LogP contribution in [0, 0.1) is 5.92 Å². The lowest BCUT2D eigenvalue weighted by molar-refractivity contribution is 0.164. The summed E-state index contributed by atoms with van der Waals surface area (Å²) in [4.78, 5) is 11.1. The van der Waals surface area contributed by atoms with Gasteiger partial charge < -0.3 is 0 Å². The van der Waals surface area contributed by atoms with E-state index in [1.165, 1.54) is 12.5 Å². The zero-order chi connectivity index (χ0) is 16.3. The Bertz CT molecular complexity index is 744. The molecule has 1 N–H and O–H groups in total. The number of aromatic nitrogens is 4. The van der Waals surface area contributed by atoms with E-state index in [2.05, 4.69) is 25.1 Å². The fourth-order valence-electron chi connectivity index (χ4n) is 3.16. The summed E-state index contributed by atoms with van der Waals surface area (Å²) < 4.78 is 23.6. The number of sulfone groups is 1. The van der Waals surface area contributed by atoms with Gasteiger partial charge in [-0.3, -0.25) is 20.0 Å². The normalized spacial score (nSPS) is 19.8. The maximum Gasteiger partial charge on any atom is 0.178 e. The Labute approximate surface area is 136 Å². The summed E-state index contributed by atoms with van der Waals surface area (Å²) in [6.07, 6.45) is 10.7. The number of hydrogen-bond donors (Lipinski definition) is 1. The minimum absolute atomic E-state index is 0.323. The van der Waals surface area contributed by atoms with Gasteiger partial charge in [0.05, 0.1) is 17.6 Å². The van der Waals surface area contributed by atoms with Gasteiger partial charge in [-0.2, -0.15) is 5.10 Å². The number of piperidine rings is 1. The van der Waals surface area contributed by atoms with Crippen molar-refractivity contribution in [1.29, 1.82) is 0 Å². The molecule has 8 heteroatoms. The van der Waals surface area contributed by atoms with Crippen LogP contribution in [0.4, 0.5) is 0 Å². The van der Waals surface area contributed by atoms with E-state index in [9.17, 15) is 8.42 Å². The highest BCUT2D eigenvalue weighted by atomic mass is 32.2. The molecule has 0 bridgehead atoms. The average molecular weight is 335 g/mol. The molecule has 2 aromatic heterocycles. The van der Waals surface area contributed by atoms with Gasteiger partial charge in [-0.25, -0.2) is 8.42 Å². The Kier molecular flexibility index (Phi) is 4.72. The number of aromatic amines is 1. The third-order valence-electron chi connectivity index (χ3n) is 4.18. The second kappa shape index (κ2) is 6.76. The van der Waals surface area contributed by atoms with E-state index in [-0.39, 0.29) is 0 Å². The van der Waals surface area contributed by atoms with Crippen molar-refractivity contribution in [3.05, 3.63) is 36.2 Å². The van der Waals surface area contributed by atoms with Crippen LogP contribution in [0.2, 0.25) is 0 Å². The number of rotatable bonds is 5. The van der Waals surface area contributed by atoms with Crippen LogP contribution >= 0.6 is 0 Å². The van der Waals surface area contributed by atoms with Gasteiger partial charge in [0.25, 0.3) is 0 Å². The van der Waals surface area contributed by atoms with E-state index in [0.717, 1.165) is 43.9 Å². The van der Waals surface area contributed by atoms with Crippen LogP contribution in [0.5, 0.6) is 0 Å². The van der Waals surface area contributed by atoms with Crippen molar-refractivity contribution in [2.75, 3.05) is 19.3 Å². The molecule has 1 fully saturated rings. The summed E-state index contributed by atoms with van der Waals surface area (Å²) in [6.45, 7) is 2.75. The SMILES string of the molecule is CS(=O)(=O)c1cn[nH]c1CC1CCCN(Cc2cnccn2)C1. The molecule has 3 heterocycles. The van der Waals surface area contributed by atoms with Crippen LogP contribution in [0.3, 0.4) is 0 Å². The Balaban J connectivity index is 1.64. The number of hydrogen-bond acceptors (Lipinski definition) is 6. The predicted octanol–water partition coefficient (Wildman–Crippen LogP) is 1.06. The van der Waals surface area contributed by atoms with Crippen LogP contribution in [0.25, 0.3) is 0 Å². The van der Waals surface area contributed by atoms with E-state index < -0.39 is 9.84 Å². The summed E-state index contributed by atoms with van der Waals surface area (Å²) in [7, 11) is -3.23. The Hall–Kier alpha value is -1.80. The van der Waals surface area contributed by atoms with E-state index >= 15 is 0 Å². The van der Waals surface area contributed by atoms with E-state index in [0.29, 0.717) is 17.2 Å². The van der Waals surface area contributed by atoms with Gasteiger partial charge >= 0.3 is 0 Å². The van der Waals surface area contributed by atoms with Crippen LogP contribution in [-0.4, -0.2) is 52.8 Å². The quantitative estimate of drug-likeness (QED) is 0.878. The second-order valence-electron chi connectivity index (χ2n) is 6.13. The van der Waals surface area contributed by atoms with Crippen molar-refractivity contribution in [1.82, 2.24) is 25.1 Å². The van der Waals surface area contributed by atoms with Gasteiger partial charge in [0.2, 0.25) is 0 Å². The van der Waals surface area contributed by atoms with Crippen molar-refractivity contribution >= 4 is 9.84 Å². The predicted molar refractivity (Wildman–Crippen MR) is 85.4 cm³/mol. The third kappa shape index (κ3) is 4.14. The van der Waals surface area contributed by atoms with Crippen LogP contribution < -0.4 is 0 Å². The highest BCUT2D eigenvalue weighted by molar-refractivity contribution is 7.90. The maximum atomic E-state index is 11.8. The van der Waals surface area contributed by atoms with Crippen molar-refractivity contribution in [3.63, 3.8) is 0 Å². The summed E-state index contributed by atoms with van der Waals surface area (Å²) in [5, 5.41) is 6.76. The molecule has 1 unspecified atom stereocenters. The molecule has 0 aromatic carbocycles. The summed E-state index contributed by atoms with van der Waals surface area (Å²) in [6, 6.07) is 0. The molecule has 0 spiro atoms. The lowest BCUT2D eigenvalue weighted by atomic mass is 9.93. The van der Waals surface area contributed by atoms with E-state index in [1.807, 2.05) is 0 Å². The molecule has 1 atom stereocenters. The molecule has 1 aliphatic heterocycles. The van der Waals surface area contributed by atoms with Gasteiger partial charge in [-0.1, -0.05) is 0 Å². The van der Waals surface area contributed by atoms with E-state index in [4.69, 9.17) is 0 Å². The van der Waals surface area contributed by atoms with Crippen LogP contribution in [0.15, 0.2) is 29.7 Å². The molecule has 7 nitrogen and oxygen atoms in total. The third-order valence-corrected chi connectivity index (χ3v) is 5.33. The molecular formula is C15H21N5O2S. The minimum Gasteiger partial charge on any atom is -0.297 e. The van der Waals surface area contributed by atoms with Gasteiger partial charge in [0.1, 0.15) is 4.90 Å². The molecule has 124 valence electrons. The monoisotopic (exact) mass is 335 g/mol. The van der Waals surface area contributed by atoms with Gasteiger partial charge in [0, 0.05) is 37.9 Å². The number of nitrogens with one attached hydrogen (secondary N) is 1. The first-order valence-electron chi connectivity index (χ1n) is 7.72. The molecule has 0 aliphatic carbocycles. The fraction of sp³-hybridized carbons (Fsp3) is 0.533. The number of nitrogens with zero attached hydrogens (tertiary/aromatic N) is 4. The molecule has 1 aliphatic rings. The molecule has 0 amide bonds. The summed E-state index contributed by atoms with van der Waals surface area (Å²) in [5.74, 6) is 0.418. The minimum atomic E-state index is -3.23. The molecule has 23 heavy (non-hydrogen) atoms. The fourth-order valence-corrected chi connectivity index (χ4v) is 3.98. The molecule has 0 saturated carbocycles. The molecule has 1 saturated heterocycles. The topological polar surface area (TPSA) is 91.8 Å². The maximum absolute atomic E-state index is 11.8. The average Bonchev–Trinajstić information content (AvgIpc) is 2.97. The smallest absolute Gasteiger partial charge is 0.178 e. The zero-order valence-corrected chi connectivity index (χ0v) is 14.0. The van der Waals surface area contributed by atoms with Crippen molar-refractivity contribution in [2.45, 2.75) is 30.7 Å². The largest absolute Gasteiger partial charge is 0.297 e. The van der Waals surface area contributed by atoms with Gasteiger partial charge in [0.15, 0.2) is 9.84 Å². The molecule has 0 radical (unpaired) electrons. The first-order chi connectivity index (χ1) is 11.0. The lowest BCUT2D eigenvalue weighted by Gasteiger charge is -2.32.